The molecule has 176 valence electrons. The molecule has 2 atom stereocenters. The molecular weight excluding hydrogens is 434 g/mol. The fourth-order valence-corrected chi connectivity index (χ4v) is 4.52. The van der Waals surface area contributed by atoms with E-state index in [1.165, 1.54) is 6.33 Å². The Hall–Kier alpha value is -3.79. The maximum Gasteiger partial charge on any atom is 0.327 e. The number of aryl methyl sites for hydroxylation is 1. The lowest BCUT2D eigenvalue weighted by molar-refractivity contribution is -0.0417. The molecule has 2 N–H and O–H groups in total. The smallest absolute Gasteiger partial charge is 0.327 e. The van der Waals surface area contributed by atoms with Crippen LogP contribution in [0.2, 0.25) is 0 Å². The second kappa shape index (κ2) is 8.53. The molecule has 0 spiro atoms. The van der Waals surface area contributed by atoms with Crippen molar-refractivity contribution in [2.45, 2.75) is 39.5 Å². The third-order valence-electron chi connectivity index (χ3n) is 6.53. The number of anilines is 2. The van der Waals surface area contributed by atoms with Gasteiger partial charge in [-0.3, -0.25) is 14.6 Å². The number of benzene rings is 1. The molecule has 2 aliphatic heterocycles. The first-order valence-corrected chi connectivity index (χ1v) is 11.4. The van der Waals surface area contributed by atoms with Crippen LogP contribution < -0.4 is 20.3 Å². The number of urea groups is 1. The Morgan fingerprint density at radius 1 is 1.29 bits per heavy atom. The summed E-state index contributed by atoms with van der Waals surface area (Å²) in [5, 5.41) is 6.43. The minimum Gasteiger partial charge on any atom is -0.486 e. The largest absolute Gasteiger partial charge is 0.486 e. The third kappa shape index (κ3) is 3.69. The number of ether oxygens (including phenoxy) is 1. The molecule has 0 radical (unpaired) electrons. The fraction of sp³-hybridized carbons (Fsp3) is 0.375. The van der Waals surface area contributed by atoms with Crippen molar-refractivity contribution < 1.29 is 14.3 Å². The summed E-state index contributed by atoms with van der Waals surface area (Å²) in [7, 11) is 1.58. The van der Waals surface area contributed by atoms with Crippen LogP contribution in [-0.2, 0) is 6.54 Å². The van der Waals surface area contributed by atoms with Crippen LogP contribution in [-0.4, -0.2) is 64.1 Å². The van der Waals surface area contributed by atoms with Gasteiger partial charge in [0.25, 0.3) is 5.91 Å². The van der Waals surface area contributed by atoms with E-state index >= 15 is 0 Å². The number of nitrogens with one attached hydrogen (secondary N) is 2. The molecule has 4 heterocycles. The molecule has 1 aromatic carbocycles. The van der Waals surface area contributed by atoms with Crippen molar-refractivity contribution in [1.29, 1.82) is 0 Å². The summed E-state index contributed by atoms with van der Waals surface area (Å²) in [6.07, 6.45) is 1.53. The summed E-state index contributed by atoms with van der Waals surface area (Å²) >= 11 is 0. The molecule has 5 rings (SSSR count). The first-order chi connectivity index (χ1) is 16.4. The number of amides is 3. The highest BCUT2D eigenvalue weighted by atomic mass is 16.5. The second-order valence-electron chi connectivity index (χ2n) is 8.59. The summed E-state index contributed by atoms with van der Waals surface area (Å²) in [6.45, 7) is 7.90. The Morgan fingerprint density at radius 3 is 2.82 bits per heavy atom. The third-order valence-corrected chi connectivity index (χ3v) is 6.53. The number of pyridine rings is 1. The quantitative estimate of drug-likeness (QED) is 0.580. The van der Waals surface area contributed by atoms with Crippen LogP contribution >= 0.6 is 0 Å². The molecule has 3 aromatic rings. The van der Waals surface area contributed by atoms with E-state index in [1.807, 2.05) is 19.9 Å². The number of nitrogens with zero attached hydrogens (tertiary/aromatic N) is 5. The van der Waals surface area contributed by atoms with E-state index < -0.39 is 0 Å². The Kier molecular flexibility index (Phi) is 5.52. The van der Waals surface area contributed by atoms with Gasteiger partial charge in [0.15, 0.2) is 0 Å². The molecular formula is C24H27N7O3. The number of hydrogen-bond donors (Lipinski definition) is 2. The predicted octanol–water partition coefficient (Wildman–Crippen LogP) is 2.72. The van der Waals surface area contributed by atoms with Crippen molar-refractivity contribution in [2.75, 3.05) is 30.4 Å². The highest BCUT2D eigenvalue weighted by molar-refractivity contribution is 6.17. The van der Waals surface area contributed by atoms with Gasteiger partial charge >= 0.3 is 6.03 Å². The first-order valence-electron chi connectivity index (χ1n) is 11.4. The lowest BCUT2D eigenvalue weighted by Gasteiger charge is -2.46. The van der Waals surface area contributed by atoms with Crippen molar-refractivity contribution in [3.05, 3.63) is 47.5 Å². The van der Waals surface area contributed by atoms with Crippen molar-refractivity contribution in [3.63, 3.8) is 0 Å². The maximum atomic E-state index is 12.5. The SMILES string of the molecule is CCN1C(=O)Nc2cc(CN3C[C@H](Oc4ccc(C(=O)NC)nc4C)[C@H]3C)cc3ncnc1c23. The van der Waals surface area contributed by atoms with Crippen LogP contribution in [0.5, 0.6) is 5.75 Å². The second-order valence-corrected chi connectivity index (χ2v) is 8.59. The standard InChI is InChI=1S/C24H27N7O3/c1-5-31-22-21-17(26-12-27-22)8-15(9-18(21)29-24(31)33)10-30-11-20(14(30)3)34-19-7-6-16(23(32)25-4)28-13(19)2/h6-9,12,14,20H,5,10-11H2,1-4H3,(H,25,32)(H,29,33)/t14-,20+/m1/s1. The lowest BCUT2D eigenvalue weighted by atomic mass is 9.98. The monoisotopic (exact) mass is 461 g/mol. The molecule has 3 amide bonds. The molecule has 0 aliphatic carbocycles. The average molecular weight is 462 g/mol. The molecule has 2 aromatic heterocycles. The number of likely N-dealkylation sites (tertiary alicyclic amines) is 1. The Morgan fingerprint density at radius 2 is 2.12 bits per heavy atom. The normalized spacial score (nSPS) is 19.5. The van der Waals surface area contributed by atoms with Gasteiger partial charge in [0.1, 0.15) is 29.7 Å². The number of hydrogen-bond acceptors (Lipinski definition) is 7. The van der Waals surface area contributed by atoms with Gasteiger partial charge in [-0.1, -0.05) is 0 Å². The van der Waals surface area contributed by atoms with Gasteiger partial charge in [-0.15, -0.1) is 0 Å². The van der Waals surface area contributed by atoms with Crippen LogP contribution in [0, 0.1) is 6.92 Å². The lowest BCUT2D eigenvalue weighted by Crippen LogP contribution is -2.60. The number of rotatable bonds is 6. The molecule has 0 saturated carbocycles. The van der Waals surface area contributed by atoms with E-state index in [9.17, 15) is 9.59 Å². The van der Waals surface area contributed by atoms with Crippen molar-refractivity contribution >= 4 is 34.3 Å². The van der Waals surface area contributed by atoms with Gasteiger partial charge in [0, 0.05) is 32.7 Å². The Balaban J connectivity index is 1.30. The van der Waals surface area contributed by atoms with Crippen LogP contribution in [0.25, 0.3) is 10.9 Å². The zero-order valence-corrected chi connectivity index (χ0v) is 19.6. The highest BCUT2D eigenvalue weighted by Gasteiger charge is 2.38. The average Bonchev–Trinajstić information content (AvgIpc) is 2.83. The van der Waals surface area contributed by atoms with Gasteiger partial charge in [-0.25, -0.2) is 19.7 Å². The van der Waals surface area contributed by atoms with Crippen LogP contribution in [0.1, 0.15) is 35.6 Å². The van der Waals surface area contributed by atoms with Gasteiger partial charge in [0.2, 0.25) is 0 Å². The van der Waals surface area contributed by atoms with Crippen LogP contribution in [0.4, 0.5) is 16.3 Å². The zero-order chi connectivity index (χ0) is 24.0. The van der Waals surface area contributed by atoms with Gasteiger partial charge in [-0.05, 0) is 50.6 Å². The molecule has 10 nitrogen and oxygen atoms in total. The van der Waals surface area contributed by atoms with E-state index in [1.54, 1.807) is 24.1 Å². The van der Waals surface area contributed by atoms with Crippen LogP contribution in [0.3, 0.4) is 0 Å². The summed E-state index contributed by atoms with van der Waals surface area (Å²) in [5.74, 6) is 1.12. The first kappa shape index (κ1) is 22.0. The summed E-state index contributed by atoms with van der Waals surface area (Å²) in [6, 6.07) is 7.55. The zero-order valence-electron chi connectivity index (χ0n) is 19.6. The van der Waals surface area contributed by atoms with Gasteiger partial charge < -0.3 is 15.4 Å². The summed E-state index contributed by atoms with van der Waals surface area (Å²) in [5.41, 5.74) is 3.69. The van der Waals surface area contributed by atoms with Gasteiger partial charge in [-0.2, -0.15) is 0 Å². The van der Waals surface area contributed by atoms with E-state index in [-0.39, 0.29) is 24.1 Å². The number of carbonyl (C=O) groups is 2. The van der Waals surface area contributed by atoms with Crippen LogP contribution in [0.15, 0.2) is 30.6 Å². The molecule has 10 heteroatoms. The van der Waals surface area contributed by atoms with Gasteiger partial charge in [0.05, 0.1) is 22.3 Å². The van der Waals surface area contributed by atoms with Crippen molar-refractivity contribution in [1.82, 2.24) is 25.2 Å². The van der Waals surface area contributed by atoms with E-state index in [4.69, 9.17) is 4.74 Å². The number of aromatic nitrogens is 3. The van der Waals surface area contributed by atoms with Crippen molar-refractivity contribution in [3.8, 4) is 5.75 Å². The molecule has 2 aliphatic rings. The fourth-order valence-electron chi connectivity index (χ4n) is 4.52. The maximum absolute atomic E-state index is 12.5. The minimum atomic E-state index is -0.219. The Bertz CT molecular complexity index is 1300. The molecule has 34 heavy (non-hydrogen) atoms. The number of carbonyl (C=O) groups excluding carboxylic acids is 2. The molecule has 1 fully saturated rings. The predicted molar refractivity (Wildman–Crippen MR) is 128 cm³/mol. The molecule has 1 saturated heterocycles. The van der Waals surface area contributed by atoms with Crippen molar-refractivity contribution in [2.24, 2.45) is 0 Å². The molecule has 0 bridgehead atoms. The van der Waals surface area contributed by atoms with E-state index in [2.05, 4.69) is 43.5 Å². The Labute approximate surface area is 197 Å². The minimum absolute atomic E-state index is 0.0249. The van der Waals surface area contributed by atoms with E-state index in [0.717, 1.165) is 28.7 Å². The highest BCUT2D eigenvalue weighted by Crippen LogP contribution is 2.36. The molecule has 0 unspecified atom stereocenters. The topological polar surface area (TPSA) is 113 Å². The summed E-state index contributed by atoms with van der Waals surface area (Å²) < 4.78 is 6.19. The van der Waals surface area contributed by atoms with E-state index in [0.29, 0.717) is 36.0 Å². The summed E-state index contributed by atoms with van der Waals surface area (Å²) in [4.78, 5) is 41.3.